The van der Waals surface area contributed by atoms with Crippen molar-refractivity contribution in [2.24, 2.45) is 5.73 Å². The molecule has 0 aliphatic carbocycles. The number of anilines is 1. The molecule has 2 aromatic rings. The first-order valence-corrected chi connectivity index (χ1v) is 6.39. The van der Waals surface area contributed by atoms with Gasteiger partial charge in [0, 0.05) is 49.5 Å². The van der Waals surface area contributed by atoms with E-state index in [1.807, 2.05) is 30.7 Å². The first-order chi connectivity index (χ1) is 9.36. The van der Waals surface area contributed by atoms with E-state index in [2.05, 4.69) is 19.9 Å². The lowest BCUT2D eigenvalue weighted by Crippen LogP contribution is -2.46. The number of hydrogen-bond acceptors (Lipinski definition) is 5. The number of hydrogen-bond donors (Lipinski definition) is 2. The number of H-pyrrole nitrogens is 1. The Labute approximate surface area is 111 Å². The van der Waals surface area contributed by atoms with Crippen molar-refractivity contribution in [2.45, 2.75) is 6.10 Å². The Morgan fingerprint density at radius 3 is 2.95 bits per heavy atom. The van der Waals surface area contributed by atoms with Crippen LogP contribution in [-0.4, -0.2) is 47.3 Å². The van der Waals surface area contributed by atoms with Gasteiger partial charge in [-0.2, -0.15) is 0 Å². The van der Waals surface area contributed by atoms with Crippen molar-refractivity contribution in [1.29, 1.82) is 0 Å². The van der Waals surface area contributed by atoms with E-state index in [1.54, 1.807) is 0 Å². The molecular weight excluding hydrogens is 242 g/mol. The van der Waals surface area contributed by atoms with E-state index in [4.69, 9.17) is 10.5 Å². The summed E-state index contributed by atoms with van der Waals surface area (Å²) in [5.41, 5.74) is 7.64. The van der Waals surface area contributed by atoms with Crippen LogP contribution < -0.4 is 10.6 Å². The molecule has 1 aliphatic heterocycles. The summed E-state index contributed by atoms with van der Waals surface area (Å²) in [4.78, 5) is 14.1. The van der Waals surface area contributed by atoms with Crippen molar-refractivity contribution < 1.29 is 4.74 Å². The summed E-state index contributed by atoms with van der Waals surface area (Å²) in [6, 6.07) is 3.95. The van der Waals surface area contributed by atoms with Crippen LogP contribution in [0.1, 0.15) is 0 Å². The molecule has 0 amide bonds. The van der Waals surface area contributed by atoms with Gasteiger partial charge in [-0.1, -0.05) is 0 Å². The Bertz CT molecular complexity index is 510. The summed E-state index contributed by atoms with van der Waals surface area (Å²) in [5.74, 6) is 0.733. The van der Waals surface area contributed by atoms with Gasteiger partial charge in [-0.05, 0) is 12.1 Å². The smallest absolute Gasteiger partial charge is 0.225 e. The summed E-state index contributed by atoms with van der Waals surface area (Å²) in [6.45, 7) is 2.75. The molecule has 3 N–H and O–H groups in total. The molecule has 3 rings (SSSR count). The summed E-state index contributed by atoms with van der Waals surface area (Å²) in [7, 11) is 0. The zero-order valence-electron chi connectivity index (χ0n) is 10.6. The zero-order valence-corrected chi connectivity index (χ0v) is 10.6. The van der Waals surface area contributed by atoms with E-state index in [0.717, 1.165) is 30.3 Å². The molecule has 100 valence electrons. The van der Waals surface area contributed by atoms with Gasteiger partial charge in [-0.15, -0.1) is 0 Å². The van der Waals surface area contributed by atoms with Crippen LogP contribution in [0.4, 0.5) is 5.95 Å². The monoisotopic (exact) mass is 259 g/mol. The number of aromatic nitrogens is 3. The fourth-order valence-corrected chi connectivity index (χ4v) is 2.18. The van der Waals surface area contributed by atoms with Gasteiger partial charge < -0.3 is 20.4 Å². The number of nitrogens with zero attached hydrogens (tertiary/aromatic N) is 3. The average Bonchev–Trinajstić information content (AvgIpc) is 3.02. The Morgan fingerprint density at radius 1 is 1.42 bits per heavy atom. The zero-order chi connectivity index (χ0) is 13.1. The quantitative estimate of drug-likeness (QED) is 0.845. The van der Waals surface area contributed by atoms with Crippen LogP contribution in [0.25, 0.3) is 11.3 Å². The van der Waals surface area contributed by atoms with Crippen LogP contribution in [0.2, 0.25) is 0 Å². The third kappa shape index (κ3) is 2.59. The molecule has 0 spiro atoms. The van der Waals surface area contributed by atoms with Crippen molar-refractivity contribution >= 4 is 5.95 Å². The molecule has 0 bridgehead atoms. The molecule has 3 heterocycles. The molecule has 1 atom stereocenters. The second-order valence-corrected chi connectivity index (χ2v) is 4.53. The van der Waals surface area contributed by atoms with E-state index in [9.17, 15) is 0 Å². The van der Waals surface area contributed by atoms with Crippen LogP contribution in [0.3, 0.4) is 0 Å². The molecule has 6 nitrogen and oxygen atoms in total. The highest BCUT2D eigenvalue weighted by atomic mass is 16.5. The molecule has 0 saturated carbocycles. The third-order valence-corrected chi connectivity index (χ3v) is 3.23. The molecule has 1 saturated heterocycles. The second kappa shape index (κ2) is 5.38. The number of ether oxygens (including phenoxy) is 1. The van der Waals surface area contributed by atoms with Crippen LogP contribution in [0.5, 0.6) is 0 Å². The van der Waals surface area contributed by atoms with Gasteiger partial charge in [0.2, 0.25) is 5.95 Å². The maximum atomic E-state index is 5.64. The highest BCUT2D eigenvalue weighted by Crippen LogP contribution is 2.17. The number of nitrogens with one attached hydrogen (secondary N) is 1. The van der Waals surface area contributed by atoms with Crippen LogP contribution in [0, 0.1) is 0 Å². The van der Waals surface area contributed by atoms with Gasteiger partial charge in [0.1, 0.15) is 0 Å². The van der Waals surface area contributed by atoms with Crippen molar-refractivity contribution in [2.75, 3.05) is 31.1 Å². The molecule has 1 unspecified atom stereocenters. The molecule has 6 heteroatoms. The lowest BCUT2D eigenvalue weighted by Gasteiger charge is -2.32. The Kier molecular flexibility index (Phi) is 3.43. The number of morpholine rings is 1. The van der Waals surface area contributed by atoms with Crippen molar-refractivity contribution in [3.05, 3.63) is 30.7 Å². The second-order valence-electron chi connectivity index (χ2n) is 4.53. The maximum Gasteiger partial charge on any atom is 0.225 e. The van der Waals surface area contributed by atoms with Crippen molar-refractivity contribution in [3.8, 4) is 11.3 Å². The van der Waals surface area contributed by atoms with Crippen LogP contribution in [0.15, 0.2) is 30.7 Å². The molecular formula is C13H17N5O. The highest BCUT2D eigenvalue weighted by molar-refractivity contribution is 5.57. The van der Waals surface area contributed by atoms with Gasteiger partial charge >= 0.3 is 0 Å². The molecule has 0 aromatic carbocycles. The van der Waals surface area contributed by atoms with Crippen molar-refractivity contribution in [1.82, 2.24) is 15.0 Å². The lowest BCUT2D eigenvalue weighted by molar-refractivity contribution is 0.0460. The first-order valence-electron chi connectivity index (χ1n) is 6.39. The summed E-state index contributed by atoms with van der Waals surface area (Å²) < 4.78 is 5.53. The first kappa shape index (κ1) is 12.1. The molecule has 1 aliphatic rings. The Balaban J connectivity index is 1.75. The minimum absolute atomic E-state index is 0.0698. The standard InChI is InChI=1S/C13H17N5O/c14-6-11-9-18(4-5-19-11)13-16-7-10(8-17-13)12-2-1-3-15-12/h1-3,7-8,11,15H,4-6,9,14H2. The molecule has 1 fully saturated rings. The predicted molar refractivity (Wildman–Crippen MR) is 72.8 cm³/mol. The van der Waals surface area contributed by atoms with E-state index in [0.29, 0.717) is 13.2 Å². The minimum atomic E-state index is 0.0698. The average molecular weight is 259 g/mol. The SMILES string of the molecule is NCC1CN(c2ncc(-c3ccc[nH]3)cn2)CCO1. The summed E-state index contributed by atoms with van der Waals surface area (Å²) >= 11 is 0. The predicted octanol–water partition coefficient (Wildman–Crippen LogP) is 0.636. The van der Waals surface area contributed by atoms with E-state index in [1.165, 1.54) is 0 Å². The van der Waals surface area contributed by atoms with E-state index in [-0.39, 0.29) is 6.10 Å². The van der Waals surface area contributed by atoms with E-state index >= 15 is 0 Å². The number of aromatic amines is 1. The van der Waals surface area contributed by atoms with Gasteiger partial charge in [0.05, 0.1) is 12.7 Å². The van der Waals surface area contributed by atoms with Crippen LogP contribution in [-0.2, 0) is 4.74 Å². The fourth-order valence-electron chi connectivity index (χ4n) is 2.18. The fraction of sp³-hybridized carbons (Fsp3) is 0.385. The van der Waals surface area contributed by atoms with Crippen LogP contribution >= 0.6 is 0 Å². The van der Waals surface area contributed by atoms with Gasteiger partial charge in [0.25, 0.3) is 0 Å². The third-order valence-electron chi connectivity index (χ3n) is 3.23. The van der Waals surface area contributed by atoms with E-state index < -0.39 is 0 Å². The Hall–Kier alpha value is -1.92. The largest absolute Gasteiger partial charge is 0.373 e. The lowest BCUT2D eigenvalue weighted by atomic mass is 10.2. The van der Waals surface area contributed by atoms with Gasteiger partial charge in [0.15, 0.2) is 0 Å². The molecule has 0 radical (unpaired) electrons. The topological polar surface area (TPSA) is 80.1 Å². The number of nitrogens with two attached hydrogens (primary N) is 1. The molecule has 19 heavy (non-hydrogen) atoms. The highest BCUT2D eigenvalue weighted by Gasteiger charge is 2.21. The summed E-state index contributed by atoms with van der Waals surface area (Å²) in [5, 5.41) is 0. The molecule has 2 aromatic heterocycles. The van der Waals surface area contributed by atoms with Gasteiger partial charge in [-0.3, -0.25) is 0 Å². The number of rotatable bonds is 3. The Morgan fingerprint density at radius 2 is 2.26 bits per heavy atom. The summed E-state index contributed by atoms with van der Waals surface area (Å²) in [6.07, 6.45) is 5.62. The maximum absolute atomic E-state index is 5.64. The normalized spacial score (nSPS) is 19.6. The minimum Gasteiger partial charge on any atom is -0.373 e. The van der Waals surface area contributed by atoms with Gasteiger partial charge in [-0.25, -0.2) is 9.97 Å². The van der Waals surface area contributed by atoms with Crippen molar-refractivity contribution in [3.63, 3.8) is 0 Å².